The van der Waals surface area contributed by atoms with E-state index in [1.54, 1.807) is 37.9 Å². The minimum Gasteiger partial charge on any atom is -0.484 e. The summed E-state index contributed by atoms with van der Waals surface area (Å²) in [6, 6.07) is 11.1. The van der Waals surface area contributed by atoms with Crippen LogP contribution in [0.4, 0.5) is 4.79 Å². The number of hydrogen-bond acceptors (Lipinski definition) is 8. The summed E-state index contributed by atoms with van der Waals surface area (Å²) in [7, 11) is 1.48. The first-order chi connectivity index (χ1) is 16.8. The molecule has 3 heterocycles. The zero-order valence-electron chi connectivity index (χ0n) is 20.3. The Morgan fingerprint density at radius 2 is 1.97 bits per heavy atom. The second kappa shape index (κ2) is 10.4. The van der Waals surface area contributed by atoms with Crippen LogP contribution in [0, 0.1) is 0 Å². The predicted octanol–water partition coefficient (Wildman–Crippen LogP) is 2.19. The van der Waals surface area contributed by atoms with Crippen LogP contribution in [0.25, 0.3) is 0 Å². The van der Waals surface area contributed by atoms with Gasteiger partial charge in [0.15, 0.2) is 17.6 Å². The summed E-state index contributed by atoms with van der Waals surface area (Å²) < 4.78 is 23.8. The molecule has 0 aliphatic carbocycles. The van der Waals surface area contributed by atoms with Gasteiger partial charge in [-0.2, -0.15) is 5.01 Å². The van der Waals surface area contributed by atoms with Crippen LogP contribution in [0.5, 0.6) is 5.75 Å². The number of hydrogen-bond donors (Lipinski definition) is 0. The summed E-state index contributed by atoms with van der Waals surface area (Å²) in [6.07, 6.45) is 0.275. The molecule has 2 aromatic rings. The van der Waals surface area contributed by atoms with E-state index in [-0.39, 0.29) is 42.7 Å². The van der Waals surface area contributed by atoms with Crippen molar-refractivity contribution in [3.05, 3.63) is 59.2 Å². The van der Waals surface area contributed by atoms with Gasteiger partial charge in [0.05, 0.1) is 13.2 Å². The van der Waals surface area contributed by atoms with E-state index in [0.29, 0.717) is 13.2 Å². The van der Waals surface area contributed by atoms with E-state index in [0.717, 1.165) is 5.56 Å². The van der Waals surface area contributed by atoms with E-state index in [4.69, 9.17) is 23.8 Å². The van der Waals surface area contributed by atoms with E-state index < -0.39 is 17.9 Å². The van der Waals surface area contributed by atoms with E-state index in [1.165, 1.54) is 16.8 Å². The second-order valence-corrected chi connectivity index (χ2v) is 9.00. The Kier molecular flexibility index (Phi) is 7.27. The Morgan fingerprint density at radius 3 is 2.69 bits per heavy atom. The number of pyridine rings is 1. The van der Waals surface area contributed by atoms with Crippen molar-refractivity contribution >= 4 is 12.0 Å². The Balaban J connectivity index is 1.83. The van der Waals surface area contributed by atoms with Crippen LogP contribution in [-0.2, 0) is 25.7 Å². The molecule has 0 bridgehead atoms. The third kappa shape index (κ3) is 5.41. The highest BCUT2D eigenvalue weighted by atomic mass is 16.7. The molecule has 1 unspecified atom stereocenters. The topological polar surface area (TPSA) is 104 Å². The monoisotopic (exact) mass is 486 g/mol. The average Bonchev–Trinajstić information content (AvgIpc) is 2.83. The van der Waals surface area contributed by atoms with Gasteiger partial charge in [-0.25, -0.2) is 9.47 Å². The maximum absolute atomic E-state index is 13.7. The number of rotatable bonds is 6. The molecular weight excluding hydrogens is 456 g/mol. The van der Waals surface area contributed by atoms with Gasteiger partial charge in [-0.05, 0) is 32.4 Å². The molecule has 1 aromatic carbocycles. The zero-order valence-corrected chi connectivity index (χ0v) is 20.3. The van der Waals surface area contributed by atoms with Crippen LogP contribution < -0.4 is 15.1 Å². The van der Waals surface area contributed by atoms with E-state index >= 15 is 0 Å². The van der Waals surface area contributed by atoms with Gasteiger partial charge in [0.2, 0.25) is 6.79 Å². The fourth-order valence-corrected chi connectivity index (χ4v) is 3.81. The van der Waals surface area contributed by atoms with Crippen LogP contribution in [-0.4, -0.2) is 67.0 Å². The molecule has 188 valence electrons. The lowest BCUT2D eigenvalue weighted by atomic mass is 10.2. The zero-order chi connectivity index (χ0) is 25.0. The number of amides is 2. The van der Waals surface area contributed by atoms with Gasteiger partial charge < -0.3 is 28.7 Å². The quantitative estimate of drug-likeness (QED) is 0.350. The molecule has 2 amide bonds. The minimum absolute atomic E-state index is 0.0775. The Hall–Kier alpha value is -3.57. The van der Waals surface area contributed by atoms with Crippen molar-refractivity contribution < 1.29 is 33.4 Å². The number of aromatic nitrogens is 1. The molecule has 35 heavy (non-hydrogen) atoms. The van der Waals surface area contributed by atoms with Crippen molar-refractivity contribution in [3.63, 3.8) is 0 Å². The van der Waals surface area contributed by atoms with Crippen molar-refractivity contribution in [3.8, 4) is 5.75 Å². The van der Waals surface area contributed by atoms with Crippen molar-refractivity contribution in [2.45, 2.75) is 39.1 Å². The smallest absolute Gasteiger partial charge is 0.431 e. The maximum Gasteiger partial charge on any atom is 0.431 e. The number of nitrogens with zero attached hydrogens (tertiary/aromatic N) is 4. The third-order valence-corrected chi connectivity index (χ3v) is 5.27. The first-order valence-corrected chi connectivity index (χ1v) is 11.3. The standard InChI is InChI=1S/C24H30N4O7/c1-24(2,3)35-23(30)28-19-15-32-13-12-26(19)22(29)20-21(33-14-17-8-6-5-7-9-17)18(10-11-27(20)28)25-34-16-31-4/h5-11,19H,12-16H2,1-4H3/b25-18+. The molecular formula is C24H30N4O7. The molecule has 0 N–H and O–H groups in total. The van der Waals surface area contributed by atoms with Crippen molar-refractivity contribution in [1.82, 2.24) is 9.58 Å². The second-order valence-electron chi connectivity index (χ2n) is 9.00. The Bertz CT molecular complexity index is 1130. The van der Waals surface area contributed by atoms with Crippen molar-refractivity contribution in [1.29, 1.82) is 0 Å². The summed E-state index contributed by atoms with van der Waals surface area (Å²) in [4.78, 5) is 33.8. The molecule has 0 radical (unpaired) electrons. The Morgan fingerprint density at radius 1 is 1.20 bits per heavy atom. The summed E-state index contributed by atoms with van der Waals surface area (Å²) >= 11 is 0. The molecule has 2 aliphatic rings. The molecule has 1 fully saturated rings. The number of morpholine rings is 1. The van der Waals surface area contributed by atoms with Gasteiger partial charge in [-0.15, -0.1) is 0 Å². The SMILES string of the molecule is COCO/N=c1\ccn2c(c1OCc1ccccc1)C(=O)N1CCOCC1N2C(=O)OC(C)(C)C. The Labute approximate surface area is 203 Å². The molecule has 1 atom stereocenters. The predicted molar refractivity (Wildman–Crippen MR) is 124 cm³/mol. The lowest BCUT2D eigenvalue weighted by Gasteiger charge is -2.47. The highest BCUT2D eigenvalue weighted by Crippen LogP contribution is 2.28. The molecule has 0 spiro atoms. The van der Waals surface area contributed by atoms with Crippen LogP contribution >= 0.6 is 0 Å². The van der Waals surface area contributed by atoms with E-state index in [9.17, 15) is 9.59 Å². The number of methoxy groups -OCH3 is 1. The number of benzene rings is 1. The van der Waals surface area contributed by atoms with Gasteiger partial charge >= 0.3 is 6.09 Å². The molecule has 1 aromatic heterocycles. The lowest BCUT2D eigenvalue weighted by Crippen LogP contribution is -2.67. The van der Waals surface area contributed by atoms with Crippen molar-refractivity contribution in [2.75, 3.05) is 38.7 Å². The molecule has 4 rings (SSSR count). The molecule has 1 saturated heterocycles. The first-order valence-electron chi connectivity index (χ1n) is 11.3. The van der Waals surface area contributed by atoms with Crippen molar-refractivity contribution in [2.24, 2.45) is 5.16 Å². The highest BCUT2D eigenvalue weighted by Gasteiger charge is 2.45. The van der Waals surface area contributed by atoms with Gasteiger partial charge in [0, 0.05) is 19.9 Å². The molecule has 0 saturated carbocycles. The molecule has 11 nitrogen and oxygen atoms in total. The lowest BCUT2D eigenvalue weighted by molar-refractivity contribution is -0.0336. The van der Waals surface area contributed by atoms with E-state index in [1.807, 2.05) is 30.3 Å². The van der Waals surface area contributed by atoms with Gasteiger partial charge in [0.25, 0.3) is 5.91 Å². The number of carbonyl (C=O) groups excluding carboxylic acids is 2. The van der Waals surface area contributed by atoms with Gasteiger partial charge in [-0.1, -0.05) is 35.5 Å². The van der Waals surface area contributed by atoms with Crippen LogP contribution in [0.15, 0.2) is 47.8 Å². The van der Waals surface area contributed by atoms with Crippen LogP contribution in [0.3, 0.4) is 0 Å². The van der Waals surface area contributed by atoms with Crippen LogP contribution in [0.2, 0.25) is 0 Å². The first kappa shape index (κ1) is 24.6. The highest BCUT2D eigenvalue weighted by molar-refractivity contribution is 5.98. The number of ether oxygens (including phenoxy) is 4. The largest absolute Gasteiger partial charge is 0.484 e. The number of fused-ring (bicyclic) bond motifs is 2. The molecule has 11 heteroatoms. The summed E-state index contributed by atoms with van der Waals surface area (Å²) in [5.74, 6) is -0.138. The third-order valence-electron chi connectivity index (χ3n) is 5.27. The summed E-state index contributed by atoms with van der Waals surface area (Å²) in [5, 5.41) is 5.75. The van der Waals surface area contributed by atoms with Gasteiger partial charge in [-0.3, -0.25) is 4.79 Å². The number of carbonyl (C=O) groups is 2. The minimum atomic E-state index is -0.741. The van der Waals surface area contributed by atoms with Gasteiger partial charge in [0.1, 0.15) is 17.6 Å². The summed E-state index contributed by atoms with van der Waals surface area (Å²) in [5.41, 5.74) is 0.290. The maximum atomic E-state index is 13.7. The molecule has 2 aliphatic heterocycles. The average molecular weight is 487 g/mol. The van der Waals surface area contributed by atoms with Crippen LogP contribution in [0.1, 0.15) is 36.8 Å². The fraction of sp³-hybridized carbons (Fsp3) is 0.458. The normalized spacial score (nSPS) is 18.1. The van der Waals surface area contributed by atoms with E-state index in [2.05, 4.69) is 5.16 Å². The summed E-state index contributed by atoms with van der Waals surface area (Å²) in [6.45, 7) is 6.26. The fourth-order valence-electron chi connectivity index (χ4n) is 3.81.